The second-order valence-electron chi connectivity index (χ2n) is 8.54. The van der Waals surface area contributed by atoms with E-state index in [0.29, 0.717) is 47.2 Å². The number of aromatic nitrogens is 1. The number of carbonyl (C=O) groups is 1. The predicted octanol–water partition coefficient (Wildman–Crippen LogP) is 4.67. The van der Waals surface area contributed by atoms with Crippen LogP contribution in [0.4, 0.5) is 5.88 Å². The molecule has 0 saturated carbocycles. The normalized spacial score (nSPS) is 19.2. The maximum absolute atomic E-state index is 13.6. The summed E-state index contributed by atoms with van der Waals surface area (Å²) in [5.41, 5.74) is 4.76. The van der Waals surface area contributed by atoms with Gasteiger partial charge in [0.1, 0.15) is 0 Å². The van der Waals surface area contributed by atoms with Crippen LogP contribution in [0, 0.1) is 6.92 Å². The minimum absolute atomic E-state index is 0.0165. The van der Waals surface area contributed by atoms with E-state index in [1.54, 1.807) is 26.4 Å². The molecule has 0 unspecified atom stereocenters. The fourth-order valence-corrected chi connectivity index (χ4v) is 5.03. The van der Waals surface area contributed by atoms with E-state index >= 15 is 0 Å². The number of Topliss-reactive ketones (excluding diaryl/α,β-unsaturated/α-hetero) is 1. The van der Waals surface area contributed by atoms with E-state index in [-0.39, 0.29) is 17.5 Å². The average molecular weight is 463 g/mol. The van der Waals surface area contributed by atoms with Crippen LogP contribution in [0.2, 0.25) is 0 Å². The number of rotatable bonds is 5. The molecule has 2 heterocycles. The van der Waals surface area contributed by atoms with Gasteiger partial charge in [-0.1, -0.05) is 17.3 Å². The van der Waals surface area contributed by atoms with Gasteiger partial charge in [-0.2, -0.15) is 0 Å². The highest BCUT2D eigenvalue weighted by molar-refractivity contribution is 6.01. The van der Waals surface area contributed by atoms with E-state index in [1.807, 2.05) is 31.2 Å². The van der Waals surface area contributed by atoms with Gasteiger partial charge in [0, 0.05) is 23.6 Å². The third-order valence-corrected chi connectivity index (χ3v) is 6.67. The number of aryl methyl sites for hydroxylation is 1. The zero-order chi connectivity index (χ0) is 24.0. The van der Waals surface area contributed by atoms with Crippen LogP contribution < -0.4 is 19.5 Å². The molecule has 5 rings (SSSR count). The Balaban J connectivity index is 1.58. The maximum Gasteiger partial charge on any atom is 0.233 e. The van der Waals surface area contributed by atoms with Crippen LogP contribution in [-0.4, -0.2) is 37.4 Å². The van der Waals surface area contributed by atoms with Gasteiger partial charge in [-0.05, 0) is 54.7 Å². The van der Waals surface area contributed by atoms with Gasteiger partial charge in [-0.3, -0.25) is 4.79 Å². The lowest BCUT2D eigenvalue weighted by atomic mass is 9.72. The van der Waals surface area contributed by atoms with Crippen molar-refractivity contribution in [1.29, 1.82) is 0 Å². The number of anilines is 1. The van der Waals surface area contributed by atoms with E-state index in [2.05, 4.69) is 10.5 Å². The van der Waals surface area contributed by atoms with Gasteiger partial charge in [0.25, 0.3) is 0 Å². The Morgan fingerprint density at radius 1 is 0.971 bits per heavy atom. The zero-order valence-corrected chi connectivity index (χ0v) is 19.5. The number of carbonyl (C=O) groups excluding carboxylic acids is 1. The van der Waals surface area contributed by atoms with Crippen LogP contribution >= 0.6 is 0 Å². The van der Waals surface area contributed by atoms with Gasteiger partial charge in [0.15, 0.2) is 28.8 Å². The number of ether oxygens (including phenoxy) is 3. The quantitative estimate of drug-likeness (QED) is 0.564. The fraction of sp³-hybridized carbons (Fsp3) is 0.308. The summed E-state index contributed by atoms with van der Waals surface area (Å²) in [7, 11) is 4.69. The minimum Gasteiger partial charge on any atom is -0.504 e. The number of hydrogen-bond acceptors (Lipinski definition) is 8. The number of nitrogens with zero attached hydrogens (tertiary/aromatic N) is 1. The molecule has 1 aliphatic carbocycles. The van der Waals surface area contributed by atoms with E-state index < -0.39 is 5.92 Å². The zero-order valence-electron chi connectivity index (χ0n) is 19.5. The molecular weight excluding hydrogens is 436 g/mol. The third-order valence-electron chi connectivity index (χ3n) is 6.67. The molecule has 1 aliphatic heterocycles. The fourth-order valence-electron chi connectivity index (χ4n) is 5.03. The molecule has 2 atom stereocenters. The van der Waals surface area contributed by atoms with Crippen molar-refractivity contribution in [3.8, 4) is 23.0 Å². The standard InChI is InChI=1S/C26H26N2O6/c1-13-23-24(15-6-7-20(31-2)18(29)10-15)25-17(27-26(23)34-28-13)9-16(11-19(25)30)14-5-8-21(32-3)22(12-14)33-4/h5-8,10,12,16,24,27,29H,9,11H2,1-4H3/t16-,24-/m0/s1. The Kier molecular flexibility index (Phi) is 5.43. The predicted molar refractivity (Wildman–Crippen MR) is 125 cm³/mol. The van der Waals surface area contributed by atoms with Crippen LogP contribution in [0.3, 0.4) is 0 Å². The number of nitrogens with one attached hydrogen (secondary N) is 1. The number of benzene rings is 2. The summed E-state index contributed by atoms with van der Waals surface area (Å²) in [4.78, 5) is 13.6. The van der Waals surface area contributed by atoms with E-state index in [9.17, 15) is 9.90 Å². The Bertz CT molecular complexity index is 1310. The van der Waals surface area contributed by atoms with Gasteiger partial charge in [0.05, 0.1) is 32.6 Å². The highest BCUT2D eigenvalue weighted by atomic mass is 16.5. The number of allylic oxidation sites excluding steroid dienone is 2. The molecule has 8 nitrogen and oxygen atoms in total. The summed E-state index contributed by atoms with van der Waals surface area (Å²) in [5.74, 6) is 1.80. The lowest BCUT2D eigenvalue weighted by Crippen LogP contribution is -2.29. The van der Waals surface area contributed by atoms with Crippen LogP contribution in [0.25, 0.3) is 0 Å². The Morgan fingerprint density at radius 2 is 1.68 bits per heavy atom. The van der Waals surface area contributed by atoms with Crippen molar-refractivity contribution in [3.63, 3.8) is 0 Å². The molecule has 0 fully saturated rings. The average Bonchev–Trinajstić information content (AvgIpc) is 3.22. The van der Waals surface area contributed by atoms with Crippen LogP contribution in [0.5, 0.6) is 23.0 Å². The SMILES string of the molecule is COc1ccc([C@@H]2C3=C(C[C@H](c4ccc(OC)c(OC)c4)CC3=O)Nc3onc(C)c32)cc1O. The molecule has 0 amide bonds. The van der Waals surface area contributed by atoms with Crippen LogP contribution in [0.1, 0.15) is 47.1 Å². The molecule has 2 aliphatic rings. The monoisotopic (exact) mass is 462 g/mol. The first-order valence-corrected chi connectivity index (χ1v) is 11.0. The number of fused-ring (bicyclic) bond motifs is 1. The van der Waals surface area contributed by atoms with Gasteiger partial charge < -0.3 is 29.2 Å². The molecule has 3 aromatic rings. The van der Waals surface area contributed by atoms with Crippen molar-refractivity contribution in [3.05, 3.63) is 70.1 Å². The Morgan fingerprint density at radius 3 is 2.38 bits per heavy atom. The first kappa shape index (κ1) is 21.9. The number of hydrogen-bond donors (Lipinski definition) is 2. The van der Waals surface area contributed by atoms with Gasteiger partial charge in [0.2, 0.25) is 5.88 Å². The first-order chi connectivity index (χ1) is 16.4. The molecule has 34 heavy (non-hydrogen) atoms. The maximum atomic E-state index is 13.6. The second kappa shape index (κ2) is 8.44. The largest absolute Gasteiger partial charge is 0.504 e. The van der Waals surface area contributed by atoms with E-state index in [1.165, 1.54) is 7.11 Å². The van der Waals surface area contributed by atoms with Crippen molar-refractivity contribution in [2.45, 2.75) is 31.6 Å². The smallest absolute Gasteiger partial charge is 0.233 e. The van der Waals surface area contributed by atoms with Crippen molar-refractivity contribution in [1.82, 2.24) is 5.16 Å². The van der Waals surface area contributed by atoms with E-state index in [0.717, 1.165) is 22.4 Å². The summed E-state index contributed by atoms with van der Waals surface area (Å²) in [6, 6.07) is 11.0. The molecule has 0 bridgehead atoms. The molecule has 176 valence electrons. The first-order valence-electron chi connectivity index (χ1n) is 11.0. The summed E-state index contributed by atoms with van der Waals surface area (Å²) in [6.07, 6.45) is 0.975. The van der Waals surface area contributed by atoms with Crippen molar-refractivity contribution in [2.75, 3.05) is 26.6 Å². The Hall–Kier alpha value is -3.94. The molecule has 1 aromatic heterocycles. The highest BCUT2D eigenvalue weighted by Gasteiger charge is 2.41. The highest BCUT2D eigenvalue weighted by Crippen LogP contribution is 2.50. The topological polar surface area (TPSA) is 103 Å². The van der Waals surface area contributed by atoms with Crippen molar-refractivity contribution >= 4 is 11.7 Å². The Labute approximate surface area is 197 Å². The summed E-state index contributed by atoms with van der Waals surface area (Å²) >= 11 is 0. The molecule has 0 spiro atoms. The molecule has 0 saturated heterocycles. The minimum atomic E-state index is -0.395. The number of aromatic hydroxyl groups is 1. The second-order valence-corrected chi connectivity index (χ2v) is 8.54. The number of phenolic OH excluding ortho intramolecular Hbond substituents is 1. The van der Waals surface area contributed by atoms with Crippen LogP contribution in [-0.2, 0) is 4.79 Å². The van der Waals surface area contributed by atoms with Gasteiger partial charge in [-0.25, -0.2) is 0 Å². The lowest BCUT2D eigenvalue weighted by molar-refractivity contribution is -0.116. The lowest BCUT2D eigenvalue weighted by Gasteiger charge is -2.34. The third kappa shape index (κ3) is 3.46. The number of ketones is 1. The van der Waals surface area contributed by atoms with Crippen LogP contribution in [0.15, 0.2) is 52.2 Å². The molecule has 2 N–H and O–H groups in total. The number of methoxy groups -OCH3 is 3. The molecule has 8 heteroatoms. The molecule has 0 radical (unpaired) electrons. The molecule has 2 aromatic carbocycles. The number of phenols is 1. The van der Waals surface area contributed by atoms with Crippen molar-refractivity contribution in [2.24, 2.45) is 0 Å². The van der Waals surface area contributed by atoms with Gasteiger partial charge in [-0.15, -0.1) is 0 Å². The van der Waals surface area contributed by atoms with Crippen molar-refractivity contribution < 1.29 is 28.6 Å². The van der Waals surface area contributed by atoms with E-state index in [4.69, 9.17) is 18.7 Å². The summed E-state index contributed by atoms with van der Waals surface area (Å²) < 4.78 is 21.6. The van der Waals surface area contributed by atoms with Gasteiger partial charge >= 0.3 is 0 Å². The molecular formula is C26H26N2O6. The summed E-state index contributed by atoms with van der Waals surface area (Å²) in [6.45, 7) is 1.85. The summed E-state index contributed by atoms with van der Waals surface area (Å²) in [5, 5.41) is 17.9.